The van der Waals surface area contributed by atoms with Crippen LogP contribution in [0.15, 0.2) is 83.8 Å². The number of benzene rings is 3. The topological polar surface area (TPSA) is 131 Å². The summed E-state index contributed by atoms with van der Waals surface area (Å²) < 4.78 is 5.06. The fourth-order valence-corrected chi connectivity index (χ4v) is 6.83. The number of carbonyl (C=O) groups is 3. The number of methoxy groups -OCH3 is 1. The van der Waals surface area contributed by atoms with Crippen LogP contribution in [0.25, 0.3) is 0 Å². The molecule has 0 saturated carbocycles. The minimum absolute atomic E-state index is 0.0750. The first-order valence-corrected chi connectivity index (χ1v) is 15.2. The van der Waals surface area contributed by atoms with Crippen LogP contribution in [0.2, 0.25) is 0 Å². The summed E-state index contributed by atoms with van der Waals surface area (Å²) in [4.78, 5) is 52.9. The zero-order valence-electron chi connectivity index (χ0n) is 23.2. The van der Waals surface area contributed by atoms with Crippen LogP contribution < -0.4 is 10.6 Å². The normalized spacial score (nSPS) is 12.7. The molecule has 0 radical (unpaired) electrons. The van der Waals surface area contributed by atoms with Gasteiger partial charge in [0.2, 0.25) is 5.91 Å². The van der Waals surface area contributed by atoms with Gasteiger partial charge in [-0.3, -0.25) is 24.6 Å². The number of hydrogen-bond acceptors (Lipinski definition) is 9. The molecule has 0 fully saturated rings. The number of fused-ring (bicyclic) bond motifs is 1. The first-order valence-electron chi connectivity index (χ1n) is 13.4. The SMILES string of the molecule is COC(=O)c1c(NC(=O)CSc2cccc(NC(=O)c3cccc([N+](=O)[O-])c3)c2)sc2c1CCN(Cc1ccccc1)C2. The predicted molar refractivity (Wildman–Crippen MR) is 167 cm³/mol. The highest BCUT2D eigenvalue weighted by Crippen LogP contribution is 2.38. The van der Waals surface area contributed by atoms with Gasteiger partial charge >= 0.3 is 5.97 Å². The number of esters is 1. The van der Waals surface area contributed by atoms with Crippen molar-refractivity contribution in [3.05, 3.63) is 116 Å². The lowest BCUT2D eigenvalue weighted by Crippen LogP contribution is -2.29. The number of nitro benzene ring substituents is 1. The molecule has 43 heavy (non-hydrogen) atoms. The average Bonchev–Trinajstić information content (AvgIpc) is 3.37. The van der Waals surface area contributed by atoms with Crippen LogP contribution in [0, 0.1) is 10.1 Å². The van der Waals surface area contributed by atoms with E-state index in [2.05, 4.69) is 27.7 Å². The number of anilines is 2. The summed E-state index contributed by atoms with van der Waals surface area (Å²) in [5.74, 6) is -1.15. The molecule has 3 aromatic carbocycles. The lowest BCUT2D eigenvalue weighted by molar-refractivity contribution is -0.384. The third-order valence-electron chi connectivity index (χ3n) is 6.81. The number of carbonyl (C=O) groups excluding carboxylic acids is 3. The third-order valence-corrected chi connectivity index (χ3v) is 8.93. The number of hydrogen-bond donors (Lipinski definition) is 2. The van der Waals surface area contributed by atoms with Crippen molar-refractivity contribution in [1.29, 1.82) is 0 Å². The standard InChI is InChI=1S/C31H28N4O6S2/c1-41-31(38)28-25-13-14-34(17-20-7-3-2-4-8-20)18-26(25)43-30(28)33-27(36)19-42-24-12-6-10-22(16-24)32-29(37)21-9-5-11-23(15-21)35(39)40/h2-12,15-16H,13-14,17-19H2,1H3,(H,32,37)(H,33,36). The van der Waals surface area contributed by atoms with Gasteiger partial charge in [0.25, 0.3) is 11.6 Å². The Labute approximate surface area is 256 Å². The van der Waals surface area contributed by atoms with Crippen molar-refractivity contribution < 1.29 is 24.0 Å². The van der Waals surface area contributed by atoms with E-state index in [1.165, 1.54) is 60.0 Å². The van der Waals surface area contributed by atoms with E-state index in [1.54, 1.807) is 18.2 Å². The van der Waals surface area contributed by atoms with E-state index in [0.717, 1.165) is 28.4 Å². The van der Waals surface area contributed by atoms with Crippen molar-refractivity contribution in [3.8, 4) is 0 Å². The van der Waals surface area contributed by atoms with Crippen LogP contribution in [-0.4, -0.2) is 47.0 Å². The molecule has 0 aliphatic carbocycles. The molecule has 2 N–H and O–H groups in total. The smallest absolute Gasteiger partial charge is 0.341 e. The van der Waals surface area contributed by atoms with E-state index in [-0.39, 0.29) is 22.9 Å². The third kappa shape index (κ3) is 7.47. The van der Waals surface area contributed by atoms with Crippen molar-refractivity contribution in [1.82, 2.24) is 4.90 Å². The van der Waals surface area contributed by atoms with Crippen LogP contribution in [0.3, 0.4) is 0 Å². The molecule has 0 saturated heterocycles. The van der Waals surface area contributed by atoms with E-state index in [4.69, 9.17) is 4.74 Å². The molecule has 0 spiro atoms. The number of rotatable bonds is 10. The molecule has 5 rings (SSSR count). The highest BCUT2D eigenvalue weighted by Gasteiger charge is 2.29. The molecule has 0 atom stereocenters. The second-order valence-electron chi connectivity index (χ2n) is 9.77. The van der Waals surface area contributed by atoms with Gasteiger partial charge in [0.15, 0.2) is 0 Å². The maximum absolute atomic E-state index is 13.0. The van der Waals surface area contributed by atoms with Crippen LogP contribution in [-0.2, 0) is 29.0 Å². The van der Waals surface area contributed by atoms with E-state index < -0.39 is 16.8 Å². The van der Waals surface area contributed by atoms with Gasteiger partial charge in [-0.05, 0) is 41.8 Å². The minimum Gasteiger partial charge on any atom is -0.465 e. The minimum atomic E-state index is -0.556. The van der Waals surface area contributed by atoms with Gasteiger partial charge in [-0.2, -0.15) is 0 Å². The summed E-state index contributed by atoms with van der Waals surface area (Å²) in [5, 5.41) is 17.2. The molecule has 10 nitrogen and oxygen atoms in total. The number of ether oxygens (including phenoxy) is 1. The van der Waals surface area contributed by atoms with Gasteiger partial charge in [0, 0.05) is 52.8 Å². The number of thioether (sulfide) groups is 1. The number of non-ortho nitro benzene ring substituents is 1. The molecule has 4 aromatic rings. The Bertz CT molecular complexity index is 1670. The fourth-order valence-electron chi connectivity index (χ4n) is 4.78. The molecule has 1 aliphatic heterocycles. The number of nitrogens with zero attached hydrogens (tertiary/aromatic N) is 2. The molecule has 12 heteroatoms. The summed E-state index contributed by atoms with van der Waals surface area (Å²) in [6.45, 7) is 2.27. The van der Waals surface area contributed by atoms with E-state index >= 15 is 0 Å². The zero-order valence-corrected chi connectivity index (χ0v) is 24.8. The first kappa shape index (κ1) is 30.0. The number of nitrogens with one attached hydrogen (secondary N) is 2. The van der Waals surface area contributed by atoms with Crippen LogP contribution in [0.1, 0.15) is 36.7 Å². The molecule has 1 aromatic heterocycles. The first-order chi connectivity index (χ1) is 20.8. The molecule has 0 bridgehead atoms. The number of nitro groups is 1. The Kier molecular flexibility index (Phi) is 9.50. The second-order valence-corrected chi connectivity index (χ2v) is 11.9. The Morgan fingerprint density at radius 3 is 2.58 bits per heavy atom. The highest BCUT2D eigenvalue weighted by molar-refractivity contribution is 8.00. The van der Waals surface area contributed by atoms with E-state index in [0.29, 0.717) is 29.2 Å². The number of amides is 2. The molecular formula is C31H28N4O6S2. The predicted octanol–water partition coefficient (Wildman–Crippen LogP) is 5.98. The largest absolute Gasteiger partial charge is 0.465 e. The summed E-state index contributed by atoms with van der Waals surface area (Å²) in [5.41, 5.74) is 3.04. The van der Waals surface area contributed by atoms with Crippen molar-refractivity contribution in [2.75, 3.05) is 30.0 Å². The molecule has 2 amide bonds. The Hall–Kier alpha value is -4.52. The molecule has 220 valence electrons. The second kappa shape index (κ2) is 13.6. The zero-order chi connectivity index (χ0) is 30.3. The summed E-state index contributed by atoms with van der Waals surface area (Å²) in [6.07, 6.45) is 0.683. The van der Waals surface area contributed by atoms with E-state index in [1.807, 2.05) is 24.3 Å². The maximum atomic E-state index is 13.0. The number of thiophene rings is 1. The van der Waals surface area contributed by atoms with Crippen molar-refractivity contribution in [3.63, 3.8) is 0 Å². The molecular weight excluding hydrogens is 588 g/mol. The van der Waals surface area contributed by atoms with E-state index in [9.17, 15) is 24.5 Å². The van der Waals surface area contributed by atoms with Gasteiger partial charge in [-0.25, -0.2) is 4.79 Å². The summed E-state index contributed by atoms with van der Waals surface area (Å²) >= 11 is 2.68. The monoisotopic (exact) mass is 616 g/mol. The molecule has 0 unspecified atom stereocenters. The quantitative estimate of drug-likeness (QED) is 0.0963. The van der Waals surface area contributed by atoms with Gasteiger partial charge in [-0.1, -0.05) is 42.5 Å². The highest BCUT2D eigenvalue weighted by atomic mass is 32.2. The van der Waals surface area contributed by atoms with Crippen molar-refractivity contribution in [2.45, 2.75) is 24.4 Å². The van der Waals surface area contributed by atoms with Crippen molar-refractivity contribution >= 4 is 57.3 Å². The van der Waals surface area contributed by atoms with Crippen LogP contribution >= 0.6 is 23.1 Å². The van der Waals surface area contributed by atoms with Crippen LogP contribution in [0.4, 0.5) is 16.4 Å². The Balaban J connectivity index is 1.22. The van der Waals surface area contributed by atoms with Crippen LogP contribution in [0.5, 0.6) is 0 Å². The molecule has 1 aliphatic rings. The lowest BCUT2D eigenvalue weighted by Gasteiger charge is -2.27. The van der Waals surface area contributed by atoms with Crippen molar-refractivity contribution in [2.24, 2.45) is 0 Å². The van der Waals surface area contributed by atoms with Gasteiger partial charge in [-0.15, -0.1) is 23.1 Å². The van der Waals surface area contributed by atoms with Gasteiger partial charge < -0.3 is 15.4 Å². The van der Waals surface area contributed by atoms with Gasteiger partial charge in [0.1, 0.15) is 5.00 Å². The molecule has 2 heterocycles. The average molecular weight is 617 g/mol. The lowest BCUT2D eigenvalue weighted by atomic mass is 10.0. The van der Waals surface area contributed by atoms with Gasteiger partial charge in [0.05, 0.1) is 23.3 Å². The summed E-state index contributed by atoms with van der Waals surface area (Å²) in [6, 6.07) is 22.7. The Morgan fingerprint density at radius 2 is 1.81 bits per heavy atom. The Morgan fingerprint density at radius 1 is 1.02 bits per heavy atom. The summed E-state index contributed by atoms with van der Waals surface area (Å²) in [7, 11) is 1.34. The maximum Gasteiger partial charge on any atom is 0.341 e. The fraction of sp³-hybridized carbons (Fsp3) is 0.194.